The Morgan fingerprint density at radius 3 is 2.71 bits per heavy atom. The van der Waals surface area contributed by atoms with Crippen molar-refractivity contribution in [1.82, 2.24) is 9.78 Å². The number of aromatic nitrogens is 2. The molecule has 17 heavy (non-hydrogen) atoms. The molecule has 0 atom stereocenters. The van der Waals surface area contributed by atoms with Crippen LogP contribution in [-0.4, -0.2) is 16.9 Å². The molecule has 90 valence electrons. The Bertz CT molecular complexity index is 537. The standard InChI is InChI=1S/C12H14BrN3O/c1-16-9(7-14)6-11(15-16)8-3-4-12(17-2)10(13)5-8/h3-6H,7,14H2,1-2H3. The van der Waals surface area contributed by atoms with E-state index >= 15 is 0 Å². The average Bonchev–Trinajstić information content (AvgIpc) is 2.70. The normalized spacial score (nSPS) is 10.6. The minimum absolute atomic E-state index is 0.487. The summed E-state index contributed by atoms with van der Waals surface area (Å²) in [6, 6.07) is 7.87. The minimum atomic E-state index is 0.487. The number of rotatable bonds is 3. The van der Waals surface area contributed by atoms with Gasteiger partial charge in [0, 0.05) is 19.2 Å². The van der Waals surface area contributed by atoms with Crippen LogP contribution in [0.5, 0.6) is 5.75 Å². The first-order valence-corrected chi connectivity index (χ1v) is 6.02. The second-order valence-electron chi connectivity index (χ2n) is 3.70. The monoisotopic (exact) mass is 295 g/mol. The van der Waals surface area contributed by atoms with E-state index in [1.807, 2.05) is 31.3 Å². The van der Waals surface area contributed by atoms with Gasteiger partial charge in [-0.3, -0.25) is 4.68 Å². The maximum absolute atomic E-state index is 5.63. The first kappa shape index (κ1) is 12.1. The number of aryl methyl sites for hydroxylation is 1. The van der Waals surface area contributed by atoms with Gasteiger partial charge in [-0.2, -0.15) is 5.10 Å². The Morgan fingerprint density at radius 2 is 2.18 bits per heavy atom. The fourth-order valence-corrected chi connectivity index (χ4v) is 2.20. The molecule has 5 heteroatoms. The third-order valence-electron chi connectivity index (χ3n) is 2.63. The van der Waals surface area contributed by atoms with Gasteiger partial charge < -0.3 is 10.5 Å². The van der Waals surface area contributed by atoms with Crippen LogP contribution in [0.25, 0.3) is 11.3 Å². The number of ether oxygens (including phenoxy) is 1. The minimum Gasteiger partial charge on any atom is -0.496 e. The molecule has 0 unspecified atom stereocenters. The molecule has 2 N–H and O–H groups in total. The summed E-state index contributed by atoms with van der Waals surface area (Å²) in [5, 5.41) is 4.42. The molecule has 1 aromatic carbocycles. The summed E-state index contributed by atoms with van der Waals surface area (Å²) in [5.74, 6) is 0.809. The molecule has 0 amide bonds. The molecule has 4 nitrogen and oxygen atoms in total. The van der Waals surface area contributed by atoms with Gasteiger partial charge >= 0.3 is 0 Å². The van der Waals surface area contributed by atoms with Crippen molar-refractivity contribution in [2.75, 3.05) is 7.11 Å². The quantitative estimate of drug-likeness (QED) is 0.945. The molecular formula is C12H14BrN3O. The largest absolute Gasteiger partial charge is 0.496 e. The van der Waals surface area contributed by atoms with Crippen LogP contribution in [0.15, 0.2) is 28.7 Å². The third kappa shape index (κ3) is 2.35. The highest BCUT2D eigenvalue weighted by molar-refractivity contribution is 9.10. The summed E-state index contributed by atoms with van der Waals surface area (Å²) in [7, 11) is 3.54. The van der Waals surface area contributed by atoms with Crippen LogP contribution in [0, 0.1) is 0 Å². The molecule has 0 saturated heterocycles. The summed E-state index contributed by atoms with van der Waals surface area (Å²) < 4.78 is 7.91. The molecule has 2 aromatic rings. The average molecular weight is 296 g/mol. The maximum Gasteiger partial charge on any atom is 0.133 e. The van der Waals surface area contributed by atoms with Crippen molar-refractivity contribution < 1.29 is 4.74 Å². The summed E-state index contributed by atoms with van der Waals surface area (Å²) in [5.41, 5.74) is 8.58. The van der Waals surface area contributed by atoms with Gasteiger partial charge in [-0.15, -0.1) is 0 Å². The van der Waals surface area contributed by atoms with Gasteiger partial charge in [-0.05, 0) is 40.2 Å². The van der Waals surface area contributed by atoms with E-state index in [9.17, 15) is 0 Å². The lowest BCUT2D eigenvalue weighted by Gasteiger charge is -2.04. The van der Waals surface area contributed by atoms with Crippen molar-refractivity contribution in [2.45, 2.75) is 6.54 Å². The smallest absolute Gasteiger partial charge is 0.133 e. The molecule has 0 aliphatic rings. The Morgan fingerprint density at radius 1 is 1.41 bits per heavy atom. The highest BCUT2D eigenvalue weighted by Gasteiger charge is 2.08. The Kier molecular flexibility index (Phi) is 3.49. The molecule has 0 saturated carbocycles. The van der Waals surface area contributed by atoms with Crippen LogP contribution in [-0.2, 0) is 13.6 Å². The van der Waals surface area contributed by atoms with E-state index < -0.39 is 0 Å². The molecule has 1 aromatic heterocycles. The van der Waals surface area contributed by atoms with E-state index in [0.29, 0.717) is 6.54 Å². The molecule has 0 aliphatic heterocycles. The Labute approximate surface area is 109 Å². The van der Waals surface area contributed by atoms with Gasteiger partial charge in [0.15, 0.2) is 0 Å². The van der Waals surface area contributed by atoms with Crippen molar-refractivity contribution >= 4 is 15.9 Å². The van der Waals surface area contributed by atoms with Gasteiger partial charge in [-0.25, -0.2) is 0 Å². The van der Waals surface area contributed by atoms with E-state index in [1.165, 1.54) is 0 Å². The fourth-order valence-electron chi connectivity index (χ4n) is 1.66. The summed E-state index contributed by atoms with van der Waals surface area (Å²) >= 11 is 3.46. The predicted molar refractivity (Wildman–Crippen MR) is 70.8 cm³/mol. The van der Waals surface area contributed by atoms with Crippen molar-refractivity contribution in [2.24, 2.45) is 12.8 Å². The molecule has 0 aliphatic carbocycles. The van der Waals surface area contributed by atoms with Crippen molar-refractivity contribution in [3.05, 3.63) is 34.4 Å². The number of methoxy groups -OCH3 is 1. The lowest BCUT2D eigenvalue weighted by atomic mass is 10.1. The van der Waals surface area contributed by atoms with Gasteiger partial charge in [-0.1, -0.05) is 0 Å². The molecule has 0 radical (unpaired) electrons. The van der Waals surface area contributed by atoms with Crippen LogP contribution in [0.2, 0.25) is 0 Å². The molecule has 0 spiro atoms. The lowest BCUT2D eigenvalue weighted by Crippen LogP contribution is -2.03. The van der Waals surface area contributed by atoms with Crippen molar-refractivity contribution in [3.8, 4) is 17.0 Å². The van der Waals surface area contributed by atoms with Gasteiger partial charge in [0.25, 0.3) is 0 Å². The van der Waals surface area contributed by atoms with Crippen LogP contribution >= 0.6 is 15.9 Å². The molecule has 1 heterocycles. The first-order chi connectivity index (χ1) is 8.15. The zero-order chi connectivity index (χ0) is 12.4. The number of hydrogen-bond acceptors (Lipinski definition) is 3. The van der Waals surface area contributed by atoms with Crippen molar-refractivity contribution in [3.63, 3.8) is 0 Å². The second kappa shape index (κ2) is 4.89. The number of nitrogens with zero attached hydrogens (tertiary/aromatic N) is 2. The Hall–Kier alpha value is -1.33. The number of nitrogens with two attached hydrogens (primary N) is 1. The van der Waals surface area contributed by atoms with Crippen molar-refractivity contribution in [1.29, 1.82) is 0 Å². The number of benzene rings is 1. The fraction of sp³-hybridized carbons (Fsp3) is 0.250. The lowest BCUT2D eigenvalue weighted by molar-refractivity contribution is 0.412. The molecular weight excluding hydrogens is 282 g/mol. The molecule has 2 rings (SSSR count). The van der Waals surface area contributed by atoms with E-state index in [0.717, 1.165) is 27.2 Å². The van der Waals surface area contributed by atoms with E-state index in [1.54, 1.807) is 11.8 Å². The molecule has 0 fully saturated rings. The predicted octanol–water partition coefficient (Wildman–Crippen LogP) is 2.32. The summed E-state index contributed by atoms with van der Waals surface area (Å²) in [6.07, 6.45) is 0. The summed E-state index contributed by atoms with van der Waals surface area (Å²) in [4.78, 5) is 0. The van der Waals surface area contributed by atoms with E-state index in [4.69, 9.17) is 10.5 Å². The van der Waals surface area contributed by atoms with Gasteiger partial charge in [0.2, 0.25) is 0 Å². The van der Waals surface area contributed by atoms with Gasteiger partial charge in [0.05, 0.1) is 23.0 Å². The van der Waals surface area contributed by atoms with Gasteiger partial charge in [0.1, 0.15) is 5.75 Å². The second-order valence-corrected chi connectivity index (χ2v) is 4.55. The zero-order valence-corrected chi connectivity index (χ0v) is 11.4. The van der Waals surface area contributed by atoms with E-state index in [2.05, 4.69) is 21.0 Å². The summed E-state index contributed by atoms with van der Waals surface area (Å²) in [6.45, 7) is 0.487. The zero-order valence-electron chi connectivity index (χ0n) is 9.77. The van der Waals surface area contributed by atoms with Crippen LogP contribution in [0.4, 0.5) is 0 Å². The number of hydrogen-bond donors (Lipinski definition) is 1. The van der Waals surface area contributed by atoms with Crippen LogP contribution in [0.1, 0.15) is 5.69 Å². The highest BCUT2D eigenvalue weighted by atomic mass is 79.9. The SMILES string of the molecule is COc1ccc(-c2cc(CN)n(C)n2)cc1Br. The Balaban J connectivity index is 2.42. The van der Waals surface area contributed by atoms with Crippen LogP contribution in [0.3, 0.4) is 0 Å². The van der Waals surface area contributed by atoms with Crippen LogP contribution < -0.4 is 10.5 Å². The molecule has 0 bridgehead atoms. The number of halogens is 1. The maximum atomic E-state index is 5.63. The first-order valence-electron chi connectivity index (χ1n) is 5.22. The third-order valence-corrected chi connectivity index (χ3v) is 3.25. The topological polar surface area (TPSA) is 53.1 Å². The highest BCUT2D eigenvalue weighted by Crippen LogP contribution is 2.30. The van der Waals surface area contributed by atoms with E-state index in [-0.39, 0.29) is 0 Å².